The zero-order chi connectivity index (χ0) is 22.1. The predicted octanol–water partition coefficient (Wildman–Crippen LogP) is 5.41. The Hall–Kier alpha value is -3.50. The highest BCUT2D eigenvalue weighted by molar-refractivity contribution is 7.15. The van der Waals surface area contributed by atoms with Crippen LogP contribution in [0.1, 0.15) is 59.2 Å². The fourth-order valence-electron chi connectivity index (χ4n) is 3.49. The van der Waals surface area contributed by atoms with Gasteiger partial charge >= 0.3 is 0 Å². The summed E-state index contributed by atoms with van der Waals surface area (Å²) in [5.41, 5.74) is 3.55. The molecule has 7 heteroatoms. The summed E-state index contributed by atoms with van der Waals surface area (Å²) < 4.78 is 1.85. The van der Waals surface area contributed by atoms with Crippen LogP contribution in [0.15, 0.2) is 48.7 Å². The van der Waals surface area contributed by atoms with Crippen molar-refractivity contribution >= 4 is 28.3 Å². The number of thiophene rings is 1. The molecule has 31 heavy (non-hydrogen) atoms. The van der Waals surface area contributed by atoms with Gasteiger partial charge in [-0.2, -0.15) is 10.4 Å². The van der Waals surface area contributed by atoms with E-state index in [1.807, 2.05) is 49.7 Å². The minimum Gasteiger partial charge on any atom is -0.345 e. The van der Waals surface area contributed by atoms with Crippen molar-refractivity contribution in [3.05, 3.63) is 70.2 Å². The maximum Gasteiger partial charge on any atom is 0.252 e. The fraction of sp³-hybridized carbons (Fsp3) is 0.250. The average Bonchev–Trinajstić information content (AvgIpc) is 3.39. The summed E-state index contributed by atoms with van der Waals surface area (Å²) >= 11 is 1.65. The van der Waals surface area contributed by atoms with Crippen molar-refractivity contribution in [2.24, 2.45) is 0 Å². The van der Waals surface area contributed by atoms with E-state index in [0.717, 1.165) is 21.5 Å². The first kappa shape index (κ1) is 20.8. The molecule has 1 N–H and O–H groups in total. The van der Waals surface area contributed by atoms with Crippen molar-refractivity contribution in [3.63, 3.8) is 0 Å². The second kappa shape index (κ2) is 8.32. The lowest BCUT2D eigenvalue weighted by Gasteiger charge is -2.15. The number of aryl methyl sites for hydroxylation is 1. The van der Waals surface area contributed by atoms with E-state index in [2.05, 4.69) is 29.5 Å². The number of carbonyl (C=O) groups excluding carboxylic acids is 1. The van der Waals surface area contributed by atoms with Crippen LogP contribution in [0.25, 0.3) is 21.6 Å². The molecule has 1 amide bonds. The monoisotopic (exact) mass is 429 g/mol. The second-order valence-corrected chi connectivity index (χ2v) is 9.10. The summed E-state index contributed by atoms with van der Waals surface area (Å²) in [5.74, 6) is -0.179. The van der Waals surface area contributed by atoms with E-state index in [1.54, 1.807) is 29.7 Å². The number of hydrogen-bond acceptors (Lipinski definition) is 5. The maximum absolute atomic E-state index is 13.3. The summed E-state index contributed by atoms with van der Waals surface area (Å²) in [6.07, 6.45) is 1.72. The molecule has 0 spiro atoms. The number of rotatable bonds is 5. The van der Waals surface area contributed by atoms with Gasteiger partial charge in [0.25, 0.3) is 5.91 Å². The average molecular weight is 430 g/mol. The number of nitriles is 1. The molecule has 156 valence electrons. The van der Waals surface area contributed by atoms with E-state index in [1.165, 1.54) is 4.88 Å². The van der Waals surface area contributed by atoms with E-state index in [0.29, 0.717) is 16.8 Å². The van der Waals surface area contributed by atoms with E-state index < -0.39 is 0 Å². The van der Waals surface area contributed by atoms with Gasteiger partial charge in [-0.05, 0) is 63.6 Å². The third-order valence-corrected chi connectivity index (χ3v) is 6.20. The van der Waals surface area contributed by atoms with Crippen LogP contribution in [0, 0.1) is 18.3 Å². The molecule has 0 radical (unpaired) electrons. The Morgan fingerprint density at radius 2 is 1.90 bits per heavy atom. The molecule has 3 aromatic heterocycles. The van der Waals surface area contributed by atoms with Crippen LogP contribution in [-0.2, 0) is 0 Å². The lowest BCUT2D eigenvalue weighted by atomic mass is 10.1. The Balaban J connectivity index is 1.74. The SMILES string of the molecule is Cc1ccc(-c2cc(C(=O)NC(C)c3ccc(C#N)cc3)c3cnn(C(C)C)c3n2)s1. The zero-order valence-corrected chi connectivity index (χ0v) is 18.7. The summed E-state index contributed by atoms with van der Waals surface area (Å²) in [5, 5.41) is 17.3. The molecule has 1 atom stereocenters. The van der Waals surface area contributed by atoms with Crippen LogP contribution in [0.2, 0.25) is 0 Å². The van der Waals surface area contributed by atoms with Gasteiger partial charge in [0.05, 0.1) is 45.4 Å². The molecule has 0 bridgehead atoms. The molecule has 0 fully saturated rings. The minimum atomic E-state index is -0.212. The van der Waals surface area contributed by atoms with Gasteiger partial charge in [-0.1, -0.05) is 12.1 Å². The first-order valence-corrected chi connectivity index (χ1v) is 10.9. The van der Waals surface area contributed by atoms with Gasteiger partial charge in [-0.3, -0.25) is 4.79 Å². The lowest BCUT2D eigenvalue weighted by Crippen LogP contribution is -2.27. The van der Waals surface area contributed by atoms with Crippen LogP contribution < -0.4 is 5.32 Å². The number of nitrogens with one attached hydrogen (secondary N) is 1. The van der Waals surface area contributed by atoms with E-state index in [9.17, 15) is 4.79 Å². The van der Waals surface area contributed by atoms with Crippen molar-refractivity contribution in [1.29, 1.82) is 5.26 Å². The zero-order valence-electron chi connectivity index (χ0n) is 17.9. The van der Waals surface area contributed by atoms with Crippen molar-refractivity contribution < 1.29 is 4.79 Å². The maximum atomic E-state index is 13.3. The molecule has 0 aliphatic rings. The highest BCUT2D eigenvalue weighted by atomic mass is 32.1. The van der Waals surface area contributed by atoms with Gasteiger partial charge < -0.3 is 5.32 Å². The molecule has 1 aromatic carbocycles. The third-order valence-electron chi connectivity index (χ3n) is 5.18. The number of amides is 1. The smallest absolute Gasteiger partial charge is 0.252 e. The van der Waals surface area contributed by atoms with E-state index in [4.69, 9.17) is 10.2 Å². The molecular formula is C24H23N5OS. The number of benzene rings is 1. The topological polar surface area (TPSA) is 83.6 Å². The van der Waals surface area contributed by atoms with Gasteiger partial charge in [-0.15, -0.1) is 11.3 Å². The summed E-state index contributed by atoms with van der Waals surface area (Å²) in [4.78, 5) is 20.4. The molecule has 3 heterocycles. The quantitative estimate of drug-likeness (QED) is 0.460. The highest BCUT2D eigenvalue weighted by Gasteiger charge is 2.20. The molecule has 0 aliphatic heterocycles. The Morgan fingerprint density at radius 3 is 2.52 bits per heavy atom. The Morgan fingerprint density at radius 1 is 1.16 bits per heavy atom. The molecule has 4 rings (SSSR count). The number of carbonyl (C=O) groups is 1. The normalized spacial score (nSPS) is 12.1. The molecular weight excluding hydrogens is 406 g/mol. The van der Waals surface area contributed by atoms with E-state index in [-0.39, 0.29) is 18.0 Å². The standard InChI is InChI=1S/C24H23N5OS/c1-14(2)29-23-20(13-26-29)19(11-21(28-23)22-10-5-15(3)31-22)24(30)27-16(4)18-8-6-17(12-25)7-9-18/h5-11,13-14,16H,1-4H3,(H,27,30). The fourth-order valence-corrected chi connectivity index (χ4v) is 4.31. The second-order valence-electron chi connectivity index (χ2n) is 7.81. The Labute approximate surface area is 185 Å². The molecule has 0 aliphatic carbocycles. The Kier molecular flexibility index (Phi) is 5.57. The summed E-state index contributed by atoms with van der Waals surface area (Å²) in [6.45, 7) is 8.07. The minimum absolute atomic E-state index is 0.124. The number of hydrogen-bond donors (Lipinski definition) is 1. The lowest BCUT2D eigenvalue weighted by molar-refractivity contribution is 0.0941. The van der Waals surface area contributed by atoms with Crippen LogP contribution >= 0.6 is 11.3 Å². The van der Waals surface area contributed by atoms with Crippen LogP contribution in [0.3, 0.4) is 0 Å². The molecule has 1 unspecified atom stereocenters. The van der Waals surface area contributed by atoms with Crippen molar-refractivity contribution in [1.82, 2.24) is 20.1 Å². The number of fused-ring (bicyclic) bond motifs is 1. The van der Waals surface area contributed by atoms with Gasteiger partial charge in [-0.25, -0.2) is 9.67 Å². The van der Waals surface area contributed by atoms with Crippen LogP contribution in [-0.4, -0.2) is 20.7 Å². The largest absolute Gasteiger partial charge is 0.345 e. The van der Waals surface area contributed by atoms with Gasteiger partial charge in [0, 0.05) is 10.9 Å². The van der Waals surface area contributed by atoms with E-state index >= 15 is 0 Å². The van der Waals surface area contributed by atoms with Crippen molar-refractivity contribution in [2.45, 2.75) is 39.8 Å². The number of pyridine rings is 1. The Bertz CT molecular complexity index is 1290. The summed E-state index contributed by atoms with van der Waals surface area (Å²) in [6, 6.07) is 15.2. The molecule has 6 nitrogen and oxygen atoms in total. The van der Waals surface area contributed by atoms with Gasteiger partial charge in [0.2, 0.25) is 0 Å². The molecule has 0 saturated carbocycles. The highest BCUT2D eigenvalue weighted by Crippen LogP contribution is 2.31. The molecule has 4 aromatic rings. The first-order valence-electron chi connectivity index (χ1n) is 10.1. The third kappa shape index (κ3) is 4.07. The number of aromatic nitrogens is 3. The first-order chi connectivity index (χ1) is 14.9. The molecule has 0 saturated heterocycles. The summed E-state index contributed by atoms with van der Waals surface area (Å²) in [7, 11) is 0. The van der Waals surface area contributed by atoms with Crippen molar-refractivity contribution in [2.75, 3.05) is 0 Å². The van der Waals surface area contributed by atoms with Crippen LogP contribution in [0.4, 0.5) is 0 Å². The predicted molar refractivity (Wildman–Crippen MR) is 123 cm³/mol. The number of nitrogens with zero attached hydrogens (tertiary/aromatic N) is 4. The van der Waals surface area contributed by atoms with Gasteiger partial charge in [0.1, 0.15) is 0 Å². The van der Waals surface area contributed by atoms with Crippen LogP contribution in [0.5, 0.6) is 0 Å². The van der Waals surface area contributed by atoms with Crippen molar-refractivity contribution in [3.8, 4) is 16.6 Å². The van der Waals surface area contributed by atoms with Gasteiger partial charge in [0.15, 0.2) is 5.65 Å².